The average molecular weight is 284 g/mol. The van der Waals surface area contributed by atoms with E-state index >= 15 is 0 Å². The quantitative estimate of drug-likeness (QED) is 0.694. The smallest absolute Gasteiger partial charge is 0.306 e. The fourth-order valence-electron chi connectivity index (χ4n) is 3.00. The van der Waals surface area contributed by atoms with E-state index < -0.39 is 0 Å². The minimum absolute atomic E-state index is 0.102. The largest absolute Gasteiger partial charge is 0.469 e. The van der Waals surface area contributed by atoms with Crippen LogP contribution in [0.4, 0.5) is 0 Å². The zero-order valence-electron chi connectivity index (χ0n) is 13.7. The summed E-state index contributed by atoms with van der Waals surface area (Å²) in [5.41, 5.74) is 0. The van der Waals surface area contributed by atoms with Crippen LogP contribution in [0.3, 0.4) is 0 Å². The molecule has 1 aliphatic rings. The molecule has 0 aliphatic carbocycles. The molecule has 4 heteroatoms. The van der Waals surface area contributed by atoms with Crippen LogP contribution < -0.4 is 5.32 Å². The van der Waals surface area contributed by atoms with Crippen LogP contribution in [0, 0.1) is 11.8 Å². The van der Waals surface area contributed by atoms with E-state index in [2.05, 4.69) is 31.0 Å². The number of likely N-dealkylation sites (tertiary alicyclic amines) is 1. The monoisotopic (exact) mass is 284 g/mol. The summed E-state index contributed by atoms with van der Waals surface area (Å²) in [5.74, 6) is 1.34. The number of piperidine rings is 1. The Morgan fingerprint density at radius 1 is 1.40 bits per heavy atom. The van der Waals surface area contributed by atoms with Crippen molar-refractivity contribution in [2.24, 2.45) is 11.8 Å². The summed E-state index contributed by atoms with van der Waals surface area (Å²) >= 11 is 0. The van der Waals surface area contributed by atoms with E-state index in [4.69, 9.17) is 4.74 Å². The summed E-state index contributed by atoms with van der Waals surface area (Å²) in [6.07, 6.45) is 4.31. The molecule has 1 rings (SSSR count). The fraction of sp³-hybridized carbons (Fsp3) is 0.938. The van der Waals surface area contributed by atoms with Crippen LogP contribution in [0.5, 0.6) is 0 Å². The highest BCUT2D eigenvalue weighted by Gasteiger charge is 2.26. The van der Waals surface area contributed by atoms with E-state index in [-0.39, 0.29) is 5.97 Å². The molecule has 0 bridgehead atoms. The summed E-state index contributed by atoms with van der Waals surface area (Å²) < 4.78 is 4.74. The molecule has 1 N–H and O–H groups in total. The van der Waals surface area contributed by atoms with E-state index in [0.29, 0.717) is 18.4 Å². The van der Waals surface area contributed by atoms with Crippen molar-refractivity contribution in [3.05, 3.63) is 0 Å². The molecule has 2 unspecified atom stereocenters. The number of ether oxygens (including phenoxy) is 1. The molecule has 1 fully saturated rings. The molecule has 0 aromatic rings. The van der Waals surface area contributed by atoms with Gasteiger partial charge in [-0.05, 0) is 31.2 Å². The highest BCUT2D eigenvalue weighted by Crippen LogP contribution is 2.21. The van der Waals surface area contributed by atoms with E-state index in [1.165, 1.54) is 26.4 Å². The van der Waals surface area contributed by atoms with Crippen molar-refractivity contribution in [2.75, 3.05) is 33.3 Å². The Morgan fingerprint density at radius 3 is 2.75 bits per heavy atom. The number of methoxy groups -OCH3 is 1. The van der Waals surface area contributed by atoms with Crippen molar-refractivity contribution in [2.45, 2.75) is 52.5 Å². The number of rotatable bonds is 8. The standard InChI is InChI=1S/C16H32N2O2/c1-5-6-14-9-15(17-10-13(2)3)12-18(11-14)8-7-16(19)20-4/h13-15,17H,5-12H2,1-4H3. The molecule has 1 saturated heterocycles. The van der Waals surface area contributed by atoms with Crippen LogP contribution >= 0.6 is 0 Å². The molecule has 2 atom stereocenters. The number of carbonyl (C=O) groups is 1. The average Bonchev–Trinajstić information content (AvgIpc) is 2.42. The Kier molecular flexibility index (Phi) is 8.15. The third kappa shape index (κ3) is 6.71. The molecule has 118 valence electrons. The van der Waals surface area contributed by atoms with Gasteiger partial charge in [0.1, 0.15) is 0 Å². The third-order valence-corrected chi connectivity index (χ3v) is 3.98. The Labute approximate surface area is 124 Å². The Bertz CT molecular complexity index is 282. The van der Waals surface area contributed by atoms with Crippen LogP contribution in [0.1, 0.15) is 46.5 Å². The Balaban J connectivity index is 2.44. The minimum Gasteiger partial charge on any atom is -0.469 e. The van der Waals surface area contributed by atoms with Crippen molar-refractivity contribution >= 4 is 5.97 Å². The second kappa shape index (κ2) is 9.35. The van der Waals surface area contributed by atoms with Crippen molar-refractivity contribution in [1.82, 2.24) is 10.2 Å². The normalized spacial score (nSPS) is 24.1. The van der Waals surface area contributed by atoms with Crippen LogP contribution in [-0.2, 0) is 9.53 Å². The number of esters is 1. The fourth-order valence-corrected chi connectivity index (χ4v) is 3.00. The first-order chi connectivity index (χ1) is 9.55. The molecule has 20 heavy (non-hydrogen) atoms. The van der Waals surface area contributed by atoms with Gasteiger partial charge in [0.05, 0.1) is 13.5 Å². The second-order valence-electron chi connectivity index (χ2n) is 6.48. The van der Waals surface area contributed by atoms with Gasteiger partial charge in [-0.3, -0.25) is 4.79 Å². The van der Waals surface area contributed by atoms with Gasteiger partial charge < -0.3 is 15.0 Å². The van der Waals surface area contributed by atoms with Crippen molar-refractivity contribution < 1.29 is 9.53 Å². The van der Waals surface area contributed by atoms with Crippen molar-refractivity contribution in [3.63, 3.8) is 0 Å². The van der Waals surface area contributed by atoms with Gasteiger partial charge in [0.25, 0.3) is 0 Å². The SMILES string of the molecule is CCCC1CC(NCC(C)C)CN(CCC(=O)OC)C1. The van der Waals surface area contributed by atoms with Crippen molar-refractivity contribution in [1.29, 1.82) is 0 Å². The lowest BCUT2D eigenvalue weighted by molar-refractivity contribution is -0.141. The molecular weight excluding hydrogens is 252 g/mol. The number of nitrogens with one attached hydrogen (secondary N) is 1. The molecule has 1 heterocycles. The number of carbonyl (C=O) groups excluding carboxylic acids is 1. The van der Waals surface area contributed by atoms with Gasteiger partial charge >= 0.3 is 5.97 Å². The first-order valence-corrected chi connectivity index (χ1v) is 8.07. The molecule has 0 radical (unpaired) electrons. The van der Waals surface area contributed by atoms with Gasteiger partial charge in [0, 0.05) is 25.7 Å². The van der Waals surface area contributed by atoms with Gasteiger partial charge in [-0.25, -0.2) is 0 Å². The molecule has 0 aromatic heterocycles. The van der Waals surface area contributed by atoms with E-state index in [1.807, 2.05) is 0 Å². The molecule has 0 aromatic carbocycles. The van der Waals surface area contributed by atoms with Gasteiger partial charge in [-0.2, -0.15) is 0 Å². The number of nitrogens with zero attached hydrogens (tertiary/aromatic N) is 1. The molecule has 4 nitrogen and oxygen atoms in total. The summed E-state index contributed by atoms with van der Waals surface area (Å²) in [6, 6.07) is 0.570. The van der Waals surface area contributed by atoms with Crippen LogP contribution in [-0.4, -0.2) is 50.2 Å². The summed E-state index contributed by atoms with van der Waals surface area (Å²) in [6.45, 7) is 10.8. The van der Waals surface area contributed by atoms with Gasteiger partial charge in [-0.1, -0.05) is 27.2 Å². The Hall–Kier alpha value is -0.610. The summed E-state index contributed by atoms with van der Waals surface area (Å²) in [5, 5.41) is 3.68. The molecule has 0 spiro atoms. The predicted molar refractivity (Wildman–Crippen MR) is 82.7 cm³/mol. The third-order valence-electron chi connectivity index (χ3n) is 3.98. The highest BCUT2D eigenvalue weighted by atomic mass is 16.5. The molecule has 0 amide bonds. The lowest BCUT2D eigenvalue weighted by Gasteiger charge is -2.38. The topological polar surface area (TPSA) is 41.6 Å². The summed E-state index contributed by atoms with van der Waals surface area (Å²) in [7, 11) is 1.46. The van der Waals surface area contributed by atoms with Crippen molar-refractivity contribution in [3.8, 4) is 0 Å². The van der Waals surface area contributed by atoms with Gasteiger partial charge in [0.15, 0.2) is 0 Å². The lowest BCUT2D eigenvalue weighted by Crippen LogP contribution is -2.50. The zero-order valence-corrected chi connectivity index (χ0v) is 13.7. The van der Waals surface area contributed by atoms with Crippen LogP contribution in [0.25, 0.3) is 0 Å². The molecule has 1 aliphatic heterocycles. The maximum absolute atomic E-state index is 11.3. The lowest BCUT2D eigenvalue weighted by atomic mass is 9.90. The predicted octanol–water partition coefficient (Wildman–Crippen LogP) is 2.29. The number of hydrogen-bond donors (Lipinski definition) is 1. The zero-order chi connectivity index (χ0) is 15.0. The maximum atomic E-state index is 11.3. The second-order valence-corrected chi connectivity index (χ2v) is 6.48. The van der Waals surface area contributed by atoms with Gasteiger partial charge in [0.2, 0.25) is 0 Å². The van der Waals surface area contributed by atoms with E-state index in [0.717, 1.165) is 32.1 Å². The van der Waals surface area contributed by atoms with Gasteiger partial charge in [-0.15, -0.1) is 0 Å². The molecule has 0 saturated carbocycles. The van der Waals surface area contributed by atoms with E-state index in [1.54, 1.807) is 0 Å². The molecular formula is C16H32N2O2. The number of hydrogen-bond acceptors (Lipinski definition) is 4. The highest BCUT2D eigenvalue weighted by molar-refractivity contribution is 5.69. The summed E-state index contributed by atoms with van der Waals surface area (Å²) in [4.78, 5) is 13.7. The van der Waals surface area contributed by atoms with Crippen LogP contribution in [0.2, 0.25) is 0 Å². The van der Waals surface area contributed by atoms with E-state index in [9.17, 15) is 4.79 Å². The minimum atomic E-state index is -0.102. The first kappa shape index (κ1) is 17.4. The van der Waals surface area contributed by atoms with Crippen LogP contribution in [0.15, 0.2) is 0 Å². The maximum Gasteiger partial charge on any atom is 0.306 e. The Morgan fingerprint density at radius 2 is 2.15 bits per heavy atom. The first-order valence-electron chi connectivity index (χ1n) is 8.07.